The number of aliphatic hydroxyl groups is 2. The predicted octanol–water partition coefficient (Wildman–Crippen LogP) is 9.15. The molecule has 0 bridgehead atoms. The van der Waals surface area contributed by atoms with Crippen LogP contribution in [0.25, 0.3) is 50.6 Å². The van der Waals surface area contributed by atoms with Crippen molar-refractivity contribution in [2.24, 2.45) is 0 Å². The number of hydrogen-bond donors (Lipinski definition) is 8. The highest BCUT2D eigenvalue weighted by Crippen LogP contribution is 2.40. The van der Waals surface area contributed by atoms with Gasteiger partial charge in [0.15, 0.2) is 22.8 Å². The monoisotopic (exact) mass is 1340 g/mol. The van der Waals surface area contributed by atoms with Crippen LogP contribution in [0.2, 0.25) is 0 Å². The summed E-state index contributed by atoms with van der Waals surface area (Å²) in [5, 5.41) is 42.6. The summed E-state index contributed by atoms with van der Waals surface area (Å²) in [6.07, 6.45) is 22.4. The molecule has 12 aromatic rings. The number of pyridine rings is 4. The largest absolute Gasteiger partial charge is 0.393 e. The minimum atomic E-state index is -0.389. The third kappa shape index (κ3) is 12.2. The lowest BCUT2D eigenvalue weighted by Gasteiger charge is -2.31. The molecule has 100 heavy (non-hydrogen) atoms. The topological polar surface area (TPSA) is 299 Å². The average Bonchev–Trinajstić information content (AvgIpc) is 1.65. The SMILES string of the molecule is Cc1nccn2c(-c3ccc(Nc4ccc(N5CCC(O)CC5)cn4)c4c3CNC4=O)cnc12.O=C1NCc2c(-c3cnc4c(F)cccn34)ccc(Nc3ccc(N4CCOCC4)cn3)c21.O=C1NCc2c(-c3cnn4cccnc34)ccc(Nc3ccc(N4CCC(O)CC4)cn3)c21. The third-order valence-corrected chi connectivity index (χ3v) is 19.2. The predicted molar refractivity (Wildman–Crippen MR) is 376 cm³/mol. The number of halogens is 1. The van der Waals surface area contributed by atoms with Gasteiger partial charge >= 0.3 is 0 Å². The van der Waals surface area contributed by atoms with E-state index < -0.39 is 0 Å². The Morgan fingerprint density at radius 2 is 0.930 bits per heavy atom. The Labute approximate surface area is 572 Å². The lowest BCUT2D eigenvalue weighted by atomic mass is 9.97. The van der Waals surface area contributed by atoms with Crippen LogP contribution in [-0.2, 0) is 24.4 Å². The smallest absolute Gasteiger partial charge is 0.254 e. The van der Waals surface area contributed by atoms with Crippen molar-refractivity contribution in [1.82, 2.24) is 69.3 Å². The number of nitrogens with zero attached hydrogens (tertiary/aromatic N) is 14. The molecule has 18 rings (SSSR count). The fraction of sp³-hybridized carbons (Fsp3) is 0.247. The maximum atomic E-state index is 14.1. The van der Waals surface area contributed by atoms with Crippen LogP contribution in [0.1, 0.15) is 79.1 Å². The number of rotatable bonds is 12. The zero-order valence-electron chi connectivity index (χ0n) is 54.4. The van der Waals surface area contributed by atoms with Gasteiger partial charge in [-0.15, -0.1) is 0 Å². The van der Waals surface area contributed by atoms with Crippen LogP contribution in [0.15, 0.2) is 159 Å². The zero-order valence-corrected chi connectivity index (χ0v) is 54.4. The third-order valence-electron chi connectivity index (χ3n) is 19.2. The van der Waals surface area contributed by atoms with Gasteiger partial charge in [-0.1, -0.05) is 18.2 Å². The van der Waals surface area contributed by atoms with Crippen molar-refractivity contribution >= 4 is 86.2 Å². The number of carbonyl (C=O) groups excluding carboxylic acids is 3. The fourth-order valence-electron chi connectivity index (χ4n) is 14.0. The fourth-order valence-corrected chi connectivity index (χ4v) is 14.0. The zero-order chi connectivity index (χ0) is 68.0. The first-order valence-corrected chi connectivity index (χ1v) is 33.3. The number of aryl methyl sites for hydroxylation is 1. The molecule has 3 amide bonds. The Morgan fingerprint density at radius 1 is 0.460 bits per heavy atom. The summed E-state index contributed by atoms with van der Waals surface area (Å²) in [5.41, 5.74) is 17.7. The first-order valence-electron chi connectivity index (χ1n) is 33.3. The molecule has 0 atom stereocenters. The molecule has 0 spiro atoms. The lowest BCUT2D eigenvalue weighted by Crippen LogP contribution is -2.36. The molecular weight excluding hydrogens is 1270 g/mol. The first kappa shape index (κ1) is 62.8. The molecule has 0 unspecified atom stereocenters. The Hall–Kier alpha value is -11.9. The number of aliphatic hydroxyl groups excluding tert-OH is 2. The number of imidazole rings is 2. The molecule has 0 aliphatic carbocycles. The number of amides is 3. The van der Waals surface area contributed by atoms with E-state index in [1.165, 1.54) is 6.07 Å². The highest BCUT2D eigenvalue weighted by atomic mass is 19.1. The summed E-state index contributed by atoms with van der Waals surface area (Å²) in [4.78, 5) is 76.1. The number of carbonyl (C=O) groups is 3. The minimum Gasteiger partial charge on any atom is -0.393 e. The van der Waals surface area contributed by atoms with Gasteiger partial charge in [-0.3, -0.25) is 28.2 Å². The van der Waals surface area contributed by atoms with Crippen molar-refractivity contribution in [3.63, 3.8) is 0 Å². The van der Waals surface area contributed by atoms with E-state index in [1.807, 2.05) is 127 Å². The number of benzene rings is 3. The van der Waals surface area contributed by atoms with Gasteiger partial charge in [0, 0.05) is 107 Å². The van der Waals surface area contributed by atoms with E-state index in [-0.39, 0.29) is 41.4 Å². The summed E-state index contributed by atoms with van der Waals surface area (Å²) in [5.74, 6) is 1.24. The maximum Gasteiger partial charge on any atom is 0.254 e. The van der Waals surface area contributed by atoms with Crippen LogP contribution < -0.4 is 46.6 Å². The minimum absolute atomic E-state index is 0.102. The van der Waals surface area contributed by atoms with Crippen LogP contribution in [0, 0.1) is 12.7 Å². The quantitative estimate of drug-likeness (QED) is 0.0565. The summed E-state index contributed by atoms with van der Waals surface area (Å²) >= 11 is 0. The van der Waals surface area contributed by atoms with Crippen molar-refractivity contribution < 1.29 is 33.7 Å². The molecule has 27 heteroatoms. The van der Waals surface area contributed by atoms with Crippen molar-refractivity contribution in [2.45, 2.75) is 64.4 Å². The van der Waals surface area contributed by atoms with Gasteiger partial charge in [0.25, 0.3) is 17.7 Å². The van der Waals surface area contributed by atoms with E-state index in [0.717, 1.165) is 161 Å². The molecule has 0 radical (unpaired) electrons. The molecular formula is C73H69FN20O6. The van der Waals surface area contributed by atoms with Gasteiger partial charge < -0.3 is 61.6 Å². The van der Waals surface area contributed by atoms with E-state index in [9.17, 15) is 29.0 Å². The summed E-state index contributed by atoms with van der Waals surface area (Å²) in [6, 6.07) is 28.3. The van der Waals surface area contributed by atoms with Gasteiger partial charge in [-0.05, 0) is 128 Å². The lowest BCUT2D eigenvalue weighted by molar-refractivity contribution is 0.0958. The molecule has 15 heterocycles. The van der Waals surface area contributed by atoms with E-state index in [4.69, 9.17) is 4.74 Å². The Morgan fingerprint density at radius 3 is 1.43 bits per heavy atom. The standard InChI is InChI=1S/C25H25N7O2.C24H21FN6O2.C24H23N7O2/c1-15-24-28-14-21(32(24)11-8-26-15)18-3-4-20(23-19(18)13-29-25(23)34)30-22-5-2-16(12-27-22)31-9-6-17(33)7-10-31;25-18-2-1-7-31-20(14-27-23(18)31)16-4-5-19(22-17(16)13-28-24(22)32)29-21-6-3-15(12-26-21)30-8-10-33-11-9-30;32-16-6-10-30(11-7-16)15-2-5-21(26-12-15)29-20-4-3-17(18-13-27-24(33)22(18)20)19-14-28-31-9-1-8-25-23(19)31/h2-5,8,11-12,14,17,33H,6-7,9-10,13H2,1H3,(H,27,30)(H,29,34);1-7,12,14H,8-11,13H2,(H,26,29)(H,28,32);1-5,8-9,12,14,16,32H,6-7,10-11,13H2,(H,26,29)(H,27,33). The van der Waals surface area contributed by atoms with Crippen LogP contribution in [0.5, 0.6) is 0 Å². The van der Waals surface area contributed by atoms with Crippen molar-refractivity contribution in [3.8, 4) is 33.6 Å². The molecule has 26 nitrogen and oxygen atoms in total. The summed E-state index contributed by atoms with van der Waals surface area (Å²) in [7, 11) is 0. The van der Waals surface area contributed by atoms with E-state index in [1.54, 1.807) is 46.0 Å². The number of ether oxygens (including phenoxy) is 1. The van der Waals surface area contributed by atoms with Gasteiger partial charge in [0.1, 0.15) is 17.5 Å². The Kier molecular flexibility index (Phi) is 16.9. The van der Waals surface area contributed by atoms with E-state index >= 15 is 0 Å². The van der Waals surface area contributed by atoms with Gasteiger partial charge in [0.05, 0.1) is 130 Å². The second kappa shape index (κ2) is 26.8. The Bertz CT molecular complexity index is 5100. The number of piperidine rings is 2. The molecule has 3 aromatic carbocycles. The molecule has 6 aliphatic rings. The highest BCUT2D eigenvalue weighted by Gasteiger charge is 2.32. The van der Waals surface area contributed by atoms with Crippen LogP contribution in [0.4, 0.5) is 56.0 Å². The number of fused-ring (bicyclic) bond motifs is 6. The molecule has 9 aromatic heterocycles. The number of hydrogen-bond acceptors (Lipinski definition) is 20. The maximum absolute atomic E-state index is 14.1. The summed E-state index contributed by atoms with van der Waals surface area (Å²) < 4.78 is 25.0. The van der Waals surface area contributed by atoms with Gasteiger partial charge in [0.2, 0.25) is 0 Å². The second-order valence-electron chi connectivity index (χ2n) is 25.2. The number of aromatic nitrogens is 11. The molecule has 6 aliphatic heterocycles. The van der Waals surface area contributed by atoms with E-state index in [2.05, 4.69) is 86.6 Å². The number of nitrogens with one attached hydrogen (secondary N) is 6. The molecule has 0 saturated carbocycles. The first-order chi connectivity index (χ1) is 48.9. The van der Waals surface area contributed by atoms with Crippen molar-refractivity contribution in [2.75, 3.05) is 83.1 Å². The summed E-state index contributed by atoms with van der Waals surface area (Å²) in [6.45, 7) is 9.65. The average molecular weight is 1340 g/mol. The van der Waals surface area contributed by atoms with Gasteiger partial charge in [-0.2, -0.15) is 5.10 Å². The number of morpholine rings is 1. The van der Waals surface area contributed by atoms with Crippen LogP contribution >= 0.6 is 0 Å². The van der Waals surface area contributed by atoms with Crippen LogP contribution in [0.3, 0.4) is 0 Å². The van der Waals surface area contributed by atoms with Crippen LogP contribution in [-0.4, -0.2) is 146 Å². The molecule has 3 fully saturated rings. The molecule has 3 saturated heterocycles. The van der Waals surface area contributed by atoms with Crippen molar-refractivity contribution in [3.05, 3.63) is 204 Å². The second-order valence-corrected chi connectivity index (χ2v) is 25.2. The number of anilines is 9. The van der Waals surface area contributed by atoms with Gasteiger partial charge in [-0.25, -0.2) is 38.8 Å². The Balaban J connectivity index is 0.000000117. The van der Waals surface area contributed by atoms with E-state index in [0.29, 0.717) is 72.7 Å². The highest BCUT2D eigenvalue weighted by molar-refractivity contribution is 6.08. The van der Waals surface area contributed by atoms with Crippen molar-refractivity contribution in [1.29, 1.82) is 0 Å². The normalized spacial score (nSPS) is 15.9. The molecule has 504 valence electrons. The molecule has 8 N–H and O–H groups in total.